The molecular formula is C15H16O2. The average Bonchev–Trinajstić information content (AvgIpc) is 2.94. The molecule has 0 aromatic heterocycles. The van der Waals surface area contributed by atoms with Crippen molar-refractivity contribution < 1.29 is 9.53 Å². The van der Waals surface area contributed by atoms with Gasteiger partial charge in [0.15, 0.2) is 5.78 Å². The van der Waals surface area contributed by atoms with Gasteiger partial charge in [-0.3, -0.25) is 4.79 Å². The first kappa shape index (κ1) is 10.6. The number of methoxy groups -OCH3 is 1. The van der Waals surface area contributed by atoms with Gasteiger partial charge >= 0.3 is 0 Å². The molecule has 2 nitrogen and oxygen atoms in total. The van der Waals surface area contributed by atoms with E-state index < -0.39 is 0 Å². The highest BCUT2D eigenvalue weighted by molar-refractivity contribution is 6.04. The minimum atomic E-state index is 0.324. The number of hydrogen-bond acceptors (Lipinski definition) is 2. The predicted molar refractivity (Wildman–Crippen MR) is 66.8 cm³/mol. The molecule has 2 fully saturated rings. The van der Waals surface area contributed by atoms with Crippen molar-refractivity contribution in [3.63, 3.8) is 0 Å². The monoisotopic (exact) mass is 228 g/mol. The van der Waals surface area contributed by atoms with Crippen molar-refractivity contribution in [2.75, 3.05) is 7.11 Å². The molecule has 0 amide bonds. The van der Waals surface area contributed by atoms with Gasteiger partial charge in [-0.1, -0.05) is 12.1 Å². The van der Waals surface area contributed by atoms with Crippen LogP contribution in [0, 0.1) is 11.8 Å². The zero-order valence-corrected chi connectivity index (χ0v) is 9.98. The Bertz CT molecular complexity index is 470. The minimum absolute atomic E-state index is 0.324. The van der Waals surface area contributed by atoms with Gasteiger partial charge in [-0.15, -0.1) is 0 Å². The summed E-state index contributed by atoms with van der Waals surface area (Å²) in [6.45, 7) is 0. The number of ketones is 1. The summed E-state index contributed by atoms with van der Waals surface area (Å²) in [5, 5.41) is 0. The lowest BCUT2D eigenvalue weighted by atomic mass is 9.92. The Kier molecular flexibility index (Phi) is 2.50. The summed E-state index contributed by atoms with van der Waals surface area (Å²) in [7, 11) is 1.66. The van der Waals surface area contributed by atoms with Crippen molar-refractivity contribution in [2.24, 2.45) is 11.8 Å². The quantitative estimate of drug-likeness (QED) is 0.727. The molecule has 2 atom stereocenters. The van der Waals surface area contributed by atoms with Gasteiger partial charge in [0.25, 0.3) is 0 Å². The van der Waals surface area contributed by atoms with Crippen LogP contribution in [0.15, 0.2) is 29.8 Å². The summed E-state index contributed by atoms with van der Waals surface area (Å²) >= 11 is 0. The van der Waals surface area contributed by atoms with Crippen molar-refractivity contribution in [3.05, 3.63) is 35.4 Å². The van der Waals surface area contributed by atoms with Crippen LogP contribution in [0.2, 0.25) is 0 Å². The third kappa shape index (κ3) is 1.78. The van der Waals surface area contributed by atoms with Crippen molar-refractivity contribution in [3.8, 4) is 5.75 Å². The van der Waals surface area contributed by atoms with E-state index >= 15 is 0 Å². The second kappa shape index (κ2) is 4.02. The number of Topliss-reactive ketones (excluding diaryl/α,β-unsaturated/α-hetero) is 1. The van der Waals surface area contributed by atoms with E-state index in [9.17, 15) is 4.79 Å². The third-order valence-corrected chi connectivity index (χ3v) is 3.97. The molecule has 2 saturated carbocycles. The van der Waals surface area contributed by atoms with E-state index in [0.29, 0.717) is 17.6 Å². The standard InChI is InChI=1S/C15H16O2/c1-17-13-6-2-10(3-7-13)8-14-11-4-5-12(9-11)15(14)16/h2-3,6-8,11-12H,4-5,9H2,1H3. The maximum Gasteiger partial charge on any atom is 0.162 e. The zero-order chi connectivity index (χ0) is 11.8. The molecule has 0 aliphatic heterocycles. The lowest BCUT2D eigenvalue weighted by Crippen LogP contribution is -2.11. The van der Waals surface area contributed by atoms with Crippen LogP contribution in [0.3, 0.4) is 0 Å². The first-order valence-electron chi connectivity index (χ1n) is 6.18. The van der Waals surface area contributed by atoms with E-state index in [0.717, 1.165) is 29.7 Å². The number of carbonyl (C=O) groups excluding carboxylic acids is 1. The molecule has 17 heavy (non-hydrogen) atoms. The van der Waals surface area contributed by atoms with Gasteiger partial charge in [0, 0.05) is 5.92 Å². The molecule has 2 unspecified atom stereocenters. The van der Waals surface area contributed by atoms with Gasteiger partial charge in [-0.2, -0.15) is 0 Å². The van der Waals surface area contributed by atoms with Crippen LogP contribution in [0.25, 0.3) is 6.08 Å². The van der Waals surface area contributed by atoms with Crippen LogP contribution >= 0.6 is 0 Å². The van der Waals surface area contributed by atoms with Crippen molar-refractivity contribution in [1.29, 1.82) is 0 Å². The van der Waals surface area contributed by atoms with E-state index in [1.54, 1.807) is 7.11 Å². The second-order valence-electron chi connectivity index (χ2n) is 4.94. The molecule has 2 bridgehead atoms. The molecule has 0 N–H and O–H groups in total. The smallest absolute Gasteiger partial charge is 0.162 e. The van der Waals surface area contributed by atoms with Gasteiger partial charge in [-0.05, 0) is 54.5 Å². The van der Waals surface area contributed by atoms with Gasteiger partial charge in [0.2, 0.25) is 0 Å². The molecule has 1 aromatic rings. The zero-order valence-electron chi connectivity index (χ0n) is 9.98. The number of hydrogen-bond donors (Lipinski definition) is 0. The fourth-order valence-corrected chi connectivity index (χ4v) is 3.01. The van der Waals surface area contributed by atoms with Crippen LogP contribution in [0.1, 0.15) is 24.8 Å². The number of rotatable bonds is 2. The van der Waals surface area contributed by atoms with Crippen LogP contribution in [-0.4, -0.2) is 12.9 Å². The van der Waals surface area contributed by atoms with Crippen LogP contribution in [-0.2, 0) is 4.79 Å². The summed E-state index contributed by atoms with van der Waals surface area (Å²) in [6.07, 6.45) is 5.44. The Morgan fingerprint density at radius 2 is 1.88 bits per heavy atom. The molecule has 1 aromatic carbocycles. The highest BCUT2D eigenvalue weighted by Gasteiger charge is 2.42. The maximum absolute atomic E-state index is 12.0. The summed E-state index contributed by atoms with van der Waals surface area (Å²) in [6, 6.07) is 7.88. The summed E-state index contributed by atoms with van der Waals surface area (Å²) in [5.41, 5.74) is 2.15. The molecule has 0 radical (unpaired) electrons. The number of allylic oxidation sites excluding steroid dienone is 1. The van der Waals surface area contributed by atoms with Gasteiger partial charge in [0.05, 0.1) is 7.11 Å². The number of benzene rings is 1. The molecule has 2 aliphatic carbocycles. The summed E-state index contributed by atoms with van der Waals surface area (Å²) in [5.74, 6) is 2.09. The second-order valence-corrected chi connectivity index (χ2v) is 4.94. The minimum Gasteiger partial charge on any atom is -0.497 e. The van der Waals surface area contributed by atoms with E-state index in [-0.39, 0.29) is 0 Å². The Labute approximate surface area is 101 Å². The van der Waals surface area contributed by atoms with Crippen LogP contribution in [0.4, 0.5) is 0 Å². The Morgan fingerprint density at radius 3 is 2.47 bits per heavy atom. The Balaban J connectivity index is 1.88. The largest absolute Gasteiger partial charge is 0.497 e. The van der Waals surface area contributed by atoms with Gasteiger partial charge in [-0.25, -0.2) is 0 Å². The Hall–Kier alpha value is -1.57. The number of fused-ring (bicyclic) bond motifs is 2. The SMILES string of the molecule is COc1ccc(C=C2C(=O)C3CCC2C3)cc1. The first-order valence-corrected chi connectivity index (χ1v) is 6.18. The van der Waals surface area contributed by atoms with Crippen molar-refractivity contribution in [1.82, 2.24) is 0 Å². The number of ether oxygens (including phenoxy) is 1. The van der Waals surface area contributed by atoms with Crippen molar-refractivity contribution in [2.45, 2.75) is 19.3 Å². The van der Waals surface area contributed by atoms with Gasteiger partial charge in [0.1, 0.15) is 5.75 Å². The van der Waals surface area contributed by atoms with E-state index in [4.69, 9.17) is 4.74 Å². The van der Waals surface area contributed by atoms with Crippen LogP contribution in [0.5, 0.6) is 5.75 Å². The molecule has 0 spiro atoms. The van der Waals surface area contributed by atoms with Crippen molar-refractivity contribution >= 4 is 11.9 Å². The molecule has 0 heterocycles. The number of carbonyl (C=O) groups is 1. The molecular weight excluding hydrogens is 212 g/mol. The molecule has 3 rings (SSSR count). The highest BCUT2D eigenvalue weighted by Crippen LogP contribution is 2.46. The Morgan fingerprint density at radius 1 is 1.18 bits per heavy atom. The third-order valence-electron chi connectivity index (χ3n) is 3.97. The topological polar surface area (TPSA) is 26.3 Å². The molecule has 88 valence electrons. The van der Waals surface area contributed by atoms with Gasteiger partial charge < -0.3 is 4.74 Å². The lowest BCUT2D eigenvalue weighted by Gasteiger charge is -2.12. The fourth-order valence-electron chi connectivity index (χ4n) is 3.01. The van der Waals surface area contributed by atoms with Crippen LogP contribution < -0.4 is 4.74 Å². The lowest BCUT2D eigenvalue weighted by molar-refractivity contribution is -0.118. The first-order chi connectivity index (χ1) is 8.28. The fraction of sp³-hybridized carbons (Fsp3) is 0.400. The summed E-state index contributed by atoms with van der Waals surface area (Å²) in [4.78, 5) is 12.0. The molecule has 2 aliphatic rings. The molecule has 2 heteroatoms. The maximum atomic E-state index is 12.0. The van der Waals surface area contributed by atoms with E-state index in [1.807, 2.05) is 24.3 Å². The van der Waals surface area contributed by atoms with E-state index in [2.05, 4.69) is 6.08 Å². The average molecular weight is 228 g/mol. The summed E-state index contributed by atoms with van der Waals surface area (Å²) < 4.78 is 5.12. The highest BCUT2D eigenvalue weighted by atomic mass is 16.5. The molecule has 0 saturated heterocycles. The predicted octanol–water partition coefficient (Wildman–Crippen LogP) is 3.08. The normalized spacial score (nSPS) is 29.0. The van der Waals surface area contributed by atoms with E-state index in [1.165, 1.54) is 6.42 Å².